The Morgan fingerprint density at radius 2 is 1.53 bits per heavy atom. The Kier molecular flexibility index (Phi) is 11.7. The van der Waals surface area contributed by atoms with E-state index in [0.29, 0.717) is 6.42 Å². The number of aliphatic carboxylic acids is 2. The molecule has 0 heterocycles. The molecule has 0 bridgehead atoms. The lowest BCUT2D eigenvalue weighted by atomic mass is 9.96. The van der Waals surface area contributed by atoms with Crippen LogP contribution in [0.2, 0.25) is 0 Å². The van der Waals surface area contributed by atoms with Gasteiger partial charge in [0.2, 0.25) is 17.7 Å². The second-order valence-electron chi connectivity index (χ2n) is 8.23. The van der Waals surface area contributed by atoms with Gasteiger partial charge in [0.25, 0.3) is 0 Å². The number of carboxylic acid groups (broad SMARTS) is 2. The Balaban J connectivity index is 3.06. The van der Waals surface area contributed by atoms with E-state index in [4.69, 9.17) is 15.9 Å². The van der Waals surface area contributed by atoms with Gasteiger partial charge in [0.15, 0.2) is 0 Å². The number of carbonyl (C=O) groups excluding carboxylic acids is 3. The molecule has 0 fully saturated rings. The SMILES string of the molecule is CCC(C)C(NC(=O)C(Cc1ccccc1)NC(=O)C(N)CCC(=O)O)C(=O)NC(C)C(=O)O. The van der Waals surface area contributed by atoms with Gasteiger partial charge < -0.3 is 31.9 Å². The lowest BCUT2D eigenvalue weighted by Crippen LogP contribution is -2.58. The maximum absolute atomic E-state index is 13.2. The molecule has 0 saturated heterocycles. The highest BCUT2D eigenvalue weighted by Crippen LogP contribution is 2.11. The summed E-state index contributed by atoms with van der Waals surface area (Å²) in [5.41, 5.74) is 6.52. The summed E-state index contributed by atoms with van der Waals surface area (Å²) in [7, 11) is 0. The Hall–Kier alpha value is -3.47. The molecule has 1 aromatic rings. The van der Waals surface area contributed by atoms with Gasteiger partial charge in [-0.25, -0.2) is 0 Å². The molecule has 5 atom stereocenters. The lowest BCUT2D eigenvalue weighted by molar-refractivity contribution is -0.142. The van der Waals surface area contributed by atoms with Gasteiger partial charge in [-0.3, -0.25) is 24.0 Å². The minimum atomic E-state index is -1.22. The van der Waals surface area contributed by atoms with Crippen molar-refractivity contribution < 1.29 is 34.2 Å². The van der Waals surface area contributed by atoms with Crippen LogP contribution in [-0.2, 0) is 30.4 Å². The van der Waals surface area contributed by atoms with E-state index in [0.717, 1.165) is 5.56 Å². The maximum atomic E-state index is 13.2. The van der Waals surface area contributed by atoms with Crippen molar-refractivity contribution in [3.8, 4) is 0 Å². The molecule has 11 heteroatoms. The average Bonchev–Trinajstić information content (AvgIpc) is 2.80. The van der Waals surface area contributed by atoms with Crippen molar-refractivity contribution in [2.45, 2.75) is 70.6 Å². The third-order valence-electron chi connectivity index (χ3n) is 5.44. The van der Waals surface area contributed by atoms with E-state index < -0.39 is 53.8 Å². The molecule has 3 amide bonds. The quantitative estimate of drug-likeness (QED) is 0.216. The Morgan fingerprint density at radius 1 is 0.912 bits per heavy atom. The molecular formula is C23H34N4O7. The molecular weight excluding hydrogens is 444 g/mol. The van der Waals surface area contributed by atoms with E-state index in [1.54, 1.807) is 37.3 Å². The molecule has 5 unspecified atom stereocenters. The van der Waals surface area contributed by atoms with Gasteiger partial charge in [-0.05, 0) is 24.8 Å². The van der Waals surface area contributed by atoms with Crippen LogP contribution in [0.5, 0.6) is 0 Å². The number of rotatable bonds is 14. The fraction of sp³-hybridized carbons (Fsp3) is 0.522. The summed E-state index contributed by atoms with van der Waals surface area (Å²) in [5.74, 6) is -4.63. The van der Waals surface area contributed by atoms with Crippen LogP contribution in [0.1, 0.15) is 45.6 Å². The molecule has 34 heavy (non-hydrogen) atoms. The first-order valence-electron chi connectivity index (χ1n) is 11.1. The number of nitrogens with two attached hydrogens (primary N) is 1. The van der Waals surface area contributed by atoms with E-state index in [1.165, 1.54) is 6.92 Å². The number of hydrogen-bond acceptors (Lipinski definition) is 6. The predicted molar refractivity (Wildman–Crippen MR) is 124 cm³/mol. The number of carbonyl (C=O) groups is 5. The van der Waals surface area contributed by atoms with Crippen molar-refractivity contribution in [3.05, 3.63) is 35.9 Å². The second-order valence-corrected chi connectivity index (χ2v) is 8.23. The Bertz CT molecular complexity index is 862. The molecule has 0 spiro atoms. The van der Waals surface area contributed by atoms with Crippen molar-refractivity contribution in [1.29, 1.82) is 0 Å². The standard InChI is InChI=1S/C23H34N4O7/c1-4-13(2)19(22(32)25-14(3)23(33)34)27-21(31)17(12-15-8-6-5-7-9-15)26-20(30)16(24)10-11-18(28)29/h5-9,13-14,16-17,19H,4,10-12,24H2,1-3H3,(H,25,32)(H,26,30)(H,27,31)(H,28,29)(H,33,34). The first kappa shape index (κ1) is 28.6. The molecule has 0 radical (unpaired) electrons. The smallest absolute Gasteiger partial charge is 0.325 e. The first-order chi connectivity index (χ1) is 16.0. The summed E-state index contributed by atoms with van der Waals surface area (Å²) in [6.45, 7) is 4.87. The number of nitrogens with one attached hydrogen (secondary N) is 3. The summed E-state index contributed by atoms with van der Waals surface area (Å²) in [6, 6.07) is 4.47. The van der Waals surface area contributed by atoms with Gasteiger partial charge in [-0.2, -0.15) is 0 Å². The third kappa shape index (κ3) is 9.57. The van der Waals surface area contributed by atoms with Gasteiger partial charge in [0.1, 0.15) is 18.1 Å². The number of carboxylic acids is 2. The van der Waals surface area contributed by atoms with Gasteiger partial charge in [-0.15, -0.1) is 0 Å². The van der Waals surface area contributed by atoms with E-state index >= 15 is 0 Å². The van der Waals surface area contributed by atoms with Gasteiger partial charge >= 0.3 is 11.9 Å². The van der Waals surface area contributed by atoms with Crippen LogP contribution in [0.15, 0.2) is 30.3 Å². The minimum Gasteiger partial charge on any atom is -0.481 e. The zero-order chi connectivity index (χ0) is 25.8. The molecule has 1 rings (SSSR count). The van der Waals surface area contributed by atoms with Gasteiger partial charge in [-0.1, -0.05) is 50.6 Å². The summed E-state index contributed by atoms with van der Waals surface area (Å²) in [4.78, 5) is 60.3. The van der Waals surface area contributed by atoms with Crippen LogP contribution in [0.25, 0.3) is 0 Å². The minimum absolute atomic E-state index is 0.102. The fourth-order valence-electron chi connectivity index (χ4n) is 3.07. The van der Waals surface area contributed by atoms with Crippen LogP contribution < -0.4 is 21.7 Å². The molecule has 1 aromatic carbocycles. The molecule has 0 aliphatic rings. The average molecular weight is 479 g/mol. The third-order valence-corrected chi connectivity index (χ3v) is 5.44. The van der Waals surface area contributed by atoms with Crippen molar-refractivity contribution in [1.82, 2.24) is 16.0 Å². The van der Waals surface area contributed by atoms with Crippen LogP contribution in [0.4, 0.5) is 0 Å². The van der Waals surface area contributed by atoms with E-state index in [2.05, 4.69) is 16.0 Å². The molecule has 11 nitrogen and oxygen atoms in total. The summed E-state index contributed by atoms with van der Waals surface area (Å²) >= 11 is 0. The second kappa shape index (κ2) is 13.9. The summed E-state index contributed by atoms with van der Waals surface area (Å²) < 4.78 is 0. The zero-order valence-electron chi connectivity index (χ0n) is 19.6. The van der Waals surface area contributed by atoms with Crippen molar-refractivity contribution in [2.24, 2.45) is 11.7 Å². The van der Waals surface area contributed by atoms with E-state index in [1.807, 2.05) is 6.92 Å². The molecule has 188 valence electrons. The number of amides is 3. The number of hydrogen-bond donors (Lipinski definition) is 6. The zero-order valence-corrected chi connectivity index (χ0v) is 19.6. The largest absolute Gasteiger partial charge is 0.481 e. The molecule has 7 N–H and O–H groups in total. The van der Waals surface area contributed by atoms with Crippen LogP contribution >= 0.6 is 0 Å². The summed E-state index contributed by atoms with van der Waals surface area (Å²) in [6.07, 6.45) is 0.216. The van der Waals surface area contributed by atoms with Crippen molar-refractivity contribution in [3.63, 3.8) is 0 Å². The fourth-order valence-corrected chi connectivity index (χ4v) is 3.07. The monoisotopic (exact) mass is 478 g/mol. The lowest BCUT2D eigenvalue weighted by Gasteiger charge is -2.27. The molecule has 0 saturated carbocycles. The Labute approximate surface area is 198 Å². The van der Waals surface area contributed by atoms with Crippen LogP contribution in [0.3, 0.4) is 0 Å². The highest BCUT2D eigenvalue weighted by atomic mass is 16.4. The molecule has 0 aliphatic heterocycles. The predicted octanol–water partition coefficient (Wildman–Crippen LogP) is 0.0262. The normalized spacial score (nSPS) is 15.2. The first-order valence-corrected chi connectivity index (χ1v) is 11.1. The molecule has 0 aliphatic carbocycles. The topological polar surface area (TPSA) is 188 Å². The number of benzene rings is 1. The van der Waals surface area contributed by atoms with Gasteiger partial charge in [0, 0.05) is 12.8 Å². The Morgan fingerprint density at radius 3 is 2.06 bits per heavy atom. The molecule has 0 aromatic heterocycles. The van der Waals surface area contributed by atoms with E-state index in [-0.39, 0.29) is 25.2 Å². The highest BCUT2D eigenvalue weighted by Gasteiger charge is 2.32. The van der Waals surface area contributed by atoms with Crippen molar-refractivity contribution >= 4 is 29.7 Å². The van der Waals surface area contributed by atoms with E-state index in [9.17, 15) is 24.0 Å². The van der Waals surface area contributed by atoms with Crippen LogP contribution in [0, 0.1) is 5.92 Å². The van der Waals surface area contributed by atoms with Gasteiger partial charge in [0.05, 0.1) is 6.04 Å². The van der Waals surface area contributed by atoms with Crippen LogP contribution in [-0.4, -0.2) is 64.0 Å². The summed E-state index contributed by atoms with van der Waals surface area (Å²) in [5, 5.41) is 25.4. The maximum Gasteiger partial charge on any atom is 0.325 e. The van der Waals surface area contributed by atoms with Crippen molar-refractivity contribution in [2.75, 3.05) is 0 Å². The highest BCUT2D eigenvalue weighted by molar-refractivity contribution is 5.94.